The fourth-order valence-electron chi connectivity index (χ4n) is 0.661. The zero-order chi connectivity index (χ0) is 12.0. The number of nitrogens with two attached hydrogens (primary N) is 1. The molecule has 0 saturated carbocycles. The van der Waals surface area contributed by atoms with Crippen LogP contribution in [0.15, 0.2) is 12.1 Å². The van der Waals surface area contributed by atoms with E-state index in [1.165, 1.54) is 0 Å². The van der Waals surface area contributed by atoms with E-state index in [2.05, 4.69) is 5.43 Å². The van der Waals surface area contributed by atoms with Gasteiger partial charge in [0.25, 0.3) is 5.09 Å². The molecule has 0 aliphatic rings. The van der Waals surface area contributed by atoms with Crippen molar-refractivity contribution in [2.75, 3.05) is 5.43 Å². The highest BCUT2D eigenvalue weighted by Gasteiger charge is 2.04. The Morgan fingerprint density at radius 2 is 1.87 bits per heavy atom. The molecule has 0 spiro atoms. The molecular formula is C6H6Cl3N3O3. The first-order chi connectivity index (χ1) is 6.88. The molecule has 4 N–H and O–H groups in total. The normalized spacial score (nSPS) is 8.80. The number of nitrogens with zero attached hydrogens (tertiary/aromatic N) is 1. The Labute approximate surface area is 99.6 Å². The Hall–Kier alpha value is -0.950. The molecule has 0 aromatic heterocycles. The number of anilines is 1. The van der Waals surface area contributed by atoms with Gasteiger partial charge in [-0.2, -0.15) is 0 Å². The number of benzene rings is 1. The maximum atomic E-state index is 8.36. The van der Waals surface area contributed by atoms with E-state index in [0.717, 1.165) is 0 Å². The monoisotopic (exact) mass is 273 g/mol. The number of nitrogens with one attached hydrogen (secondary N) is 1. The topological polar surface area (TPSA) is 101 Å². The summed E-state index contributed by atoms with van der Waals surface area (Å²) in [6.07, 6.45) is 0. The lowest BCUT2D eigenvalue weighted by atomic mass is 10.3. The molecule has 0 amide bonds. The van der Waals surface area contributed by atoms with Crippen LogP contribution in [0.5, 0.6) is 0 Å². The van der Waals surface area contributed by atoms with Crippen molar-refractivity contribution < 1.29 is 10.3 Å². The van der Waals surface area contributed by atoms with E-state index in [-0.39, 0.29) is 0 Å². The Morgan fingerprint density at radius 1 is 1.40 bits per heavy atom. The van der Waals surface area contributed by atoms with Crippen LogP contribution in [0.3, 0.4) is 0 Å². The minimum Gasteiger partial charge on any atom is -0.328 e. The molecule has 1 rings (SSSR count). The first-order valence-electron chi connectivity index (χ1n) is 3.33. The molecule has 84 valence electrons. The molecule has 1 aromatic carbocycles. The van der Waals surface area contributed by atoms with Gasteiger partial charge in [0.05, 0.1) is 15.7 Å². The highest BCUT2D eigenvalue weighted by atomic mass is 35.5. The van der Waals surface area contributed by atoms with E-state index in [1.807, 2.05) is 0 Å². The van der Waals surface area contributed by atoms with Gasteiger partial charge in [-0.3, -0.25) is 5.84 Å². The van der Waals surface area contributed by atoms with Gasteiger partial charge >= 0.3 is 0 Å². The Balaban J connectivity index is 0.000000423. The molecule has 0 radical (unpaired) electrons. The van der Waals surface area contributed by atoms with Crippen molar-refractivity contribution in [2.45, 2.75) is 0 Å². The summed E-state index contributed by atoms with van der Waals surface area (Å²) in [4.78, 5) is 8.36. The molecule has 0 heterocycles. The van der Waals surface area contributed by atoms with Gasteiger partial charge in [0.15, 0.2) is 0 Å². The van der Waals surface area contributed by atoms with Gasteiger partial charge in [0.2, 0.25) is 0 Å². The standard InChI is InChI=1S/C6H5Cl3N2.HNO3/c7-3-1-4(8)6(9)5(2-3)11-10;2-1(3)4/h1-2,11H,10H2;(H,2,3,4). The summed E-state index contributed by atoms with van der Waals surface area (Å²) in [5, 5.41) is 14.9. The highest BCUT2D eigenvalue weighted by Crippen LogP contribution is 2.32. The van der Waals surface area contributed by atoms with Crippen molar-refractivity contribution in [3.05, 3.63) is 37.3 Å². The van der Waals surface area contributed by atoms with Gasteiger partial charge in [0, 0.05) is 5.02 Å². The van der Waals surface area contributed by atoms with Crippen molar-refractivity contribution >= 4 is 40.5 Å². The lowest BCUT2D eigenvalue weighted by Gasteiger charge is -2.04. The molecule has 0 aliphatic heterocycles. The van der Waals surface area contributed by atoms with Crippen molar-refractivity contribution in [1.82, 2.24) is 0 Å². The second-order valence-electron chi connectivity index (χ2n) is 2.13. The van der Waals surface area contributed by atoms with Gasteiger partial charge in [-0.25, -0.2) is 0 Å². The third-order valence-electron chi connectivity index (χ3n) is 1.15. The maximum Gasteiger partial charge on any atom is 0.291 e. The van der Waals surface area contributed by atoms with Crippen molar-refractivity contribution in [2.24, 2.45) is 5.84 Å². The van der Waals surface area contributed by atoms with Crippen LogP contribution < -0.4 is 11.3 Å². The molecule has 0 bridgehead atoms. The zero-order valence-corrected chi connectivity index (χ0v) is 9.34. The summed E-state index contributed by atoms with van der Waals surface area (Å²) < 4.78 is 0. The van der Waals surface area contributed by atoms with Crippen LogP contribution in [0.1, 0.15) is 0 Å². The molecular weight excluding hydrogens is 268 g/mol. The van der Waals surface area contributed by atoms with Crippen LogP contribution in [0, 0.1) is 10.1 Å². The smallest absolute Gasteiger partial charge is 0.291 e. The van der Waals surface area contributed by atoms with E-state index in [0.29, 0.717) is 20.8 Å². The fraction of sp³-hybridized carbons (Fsp3) is 0. The Kier molecular flexibility index (Phi) is 6.11. The quantitative estimate of drug-likeness (QED) is 0.316. The molecule has 0 aliphatic carbocycles. The van der Waals surface area contributed by atoms with Crippen molar-refractivity contribution in [3.63, 3.8) is 0 Å². The SMILES string of the molecule is NNc1cc(Cl)cc(Cl)c1Cl.O=[N+]([O-])O. The predicted octanol–water partition coefficient (Wildman–Crippen LogP) is 2.58. The molecule has 0 atom stereocenters. The van der Waals surface area contributed by atoms with Gasteiger partial charge in [-0.1, -0.05) is 34.8 Å². The maximum absolute atomic E-state index is 8.36. The minimum atomic E-state index is -1.50. The molecule has 1 aromatic rings. The Morgan fingerprint density at radius 3 is 2.27 bits per heavy atom. The van der Waals surface area contributed by atoms with Gasteiger partial charge in [-0.05, 0) is 12.1 Å². The molecule has 9 heteroatoms. The van der Waals surface area contributed by atoms with Crippen molar-refractivity contribution in [3.8, 4) is 0 Å². The zero-order valence-electron chi connectivity index (χ0n) is 7.08. The highest BCUT2D eigenvalue weighted by molar-refractivity contribution is 6.44. The number of hydrogen-bond donors (Lipinski definition) is 3. The third-order valence-corrected chi connectivity index (χ3v) is 2.17. The van der Waals surface area contributed by atoms with Crippen LogP contribution in [0.2, 0.25) is 15.1 Å². The van der Waals surface area contributed by atoms with E-state index < -0.39 is 5.09 Å². The van der Waals surface area contributed by atoms with E-state index in [4.69, 9.17) is 56.0 Å². The van der Waals surface area contributed by atoms with Crippen LogP contribution >= 0.6 is 34.8 Å². The van der Waals surface area contributed by atoms with Gasteiger partial charge in [0.1, 0.15) is 0 Å². The lowest BCUT2D eigenvalue weighted by Crippen LogP contribution is -2.07. The van der Waals surface area contributed by atoms with Crippen LogP contribution in [0.4, 0.5) is 5.69 Å². The average Bonchev–Trinajstić information content (AvgIpc) is 2.10. The minimum absolute atomic E-state index is 0.374. The first-order valence-corrected chi connectivity index (χ1v) is 4.46. The van der Waals surface area contributed by atoms with E-state index in [9.17, 15) is 0 Å². The molecule has 0 unspecified atom stereocenters. The number of rotatable bonds is 1. The second-order valence-corrected chi connectivity index (χ2v) is 3.35. The summed E-state index contributed by atoms with van der Waals surface area (Å²) in [5.41, 5.74) is 2.89. The Bertz CT molecular complexity index is 357. The second kappa shape index (κ2) is 6.52. The number of nitrogen functional groups attached to an aromatic ring is 1. The third kappa shape index (κ3) is 5.48. The number of halogens is 3. The summed E-state index contributed by atoms with van der Waals surface area (Å²) in [6, 6.07) is 3.14. The first kappa shape index (κ1) is 14.1. The van der Waals surface area contributed by atoms with E-state index >= 15 is 0 Å². The number of hydrogen-bond acceptors (Lipinski definition) is 4. The van der Waals surface area contributed by atoms with Crippen LogP contribution in [-0.2, 0) is 0 Å². The lowest BCUT2D eigenvalue weighted by molar-refractivity contribution is -0.742. The average molecular weight is 274 g/mol. The molecule has 0 saturated heterocycles. The van der Waals surface area contributed by atoms with Gasteiger partial charge < -0.3 is 10.6 Å². The van der Waals surface area contributed by atoms with Crippen LogP contribution in [0.25, 0.3) is 0 Å². The summed E-state index contributed by atoms with van der Waals surface area (Å²) in [6.45, 7) is 0. The van der Waals surface area contributed by atoms with Crippen LogP contribution in [-0.4, -0.2) is 10.3 Å². The van der Waals surface area contributed by atoms with Crippen molar-refractivity contribution in [1.29, 1.82) is 0 Å². The number of hydrazine groups is 1. The molecule has 15 heavy (non-hydrogen) atoms. The summed E-state index contributed by atoms with van der Waals surface area (Å²) in [5.74, 6) is 5.14. The van der Waals surface area contributed by atoms with E-state index in [1.54, 1.807) is 12.1 Å². The summed E-state index contributed by atoms with van der Waals surface area (Å²) >= 11 is 17.1. The summed E-state index contributed by atoms with van der Waals surface area (Å²) in [7, 11) is 0. The van der Waals surface area contributed by atoms with Gasteiger partial charge in [-0.15, -0.1) is 10.1 Å². The largest absolute Gasteiger partial charge is 0.328 e. The molecule has 6 nitrogen and oxygen atoms in total. The fourth-order valence-corrected chi connectivity index (χ4v) is 1.32. The molecule has 0 fully saturated rings. The predicted molar refractivity (Wildman–Crippen MR) is 58.1 cm³/mol.